The Labute approximate surface area is 214 Å². The SMILES string of the molecule is COc1ccc2c(C(c3ccccc3Oc3ccccc3N)c3c[nH]c4cc(OC)ccc34)c[nH]c2c1. The van der Waals surface area contributed by atoms with Crippen molar-refractivity contribution in [3.05, 3.63) is 114 Å². The fourth-order valence-electron chi connectivity index (χ4n) is 4.99. The van der Waals surface area contributed by atoms with Crippen LogP contribution in [-0.4, -0.2) is 24.2 Å². The summed E-state index contributed by atoms with van der Waals surface area (Å²) in [6.45, 7) is 0. The standard InChI is InChI=1S/C31H27N3O3/c1-35-19-11-13-21-24(17-33-27(21)15-19)31(25-18-34-28-16-20(36-2)12-14-22(25)28)23-7-3-5-9-29(23)37-30-10-6-4-8-26(30)32/h3-18,31,33-34H,32H2,1-2H3. The molecule has 2 aromatic heterocycles. The molecule has 0 amide bonds. The van der Waals surface area contributed by atoms with Gasteiger partial charge in [0.1, 0.15) is 23.0 Å². The molecule has 6 nitrogen and oxygen atoms in total. The van der Waals surface area contributed by atoms with Crippen molar-refractivity contribution in [3.63, 3.8) is 0 Å². The molecule has 0 aliphatic heterocycles. The average molecular weight is 490 g/mol. The van der Waals surface area contributed by atoms with E-state index in [0.29, 0.717) is 11.4 Å². The molecule has 0 saturated heterocycles. The Kier molecular flexibility index (Phi) is 5.69. The highest BCUT2D eigenvalue weighted by atomic mass is 16.5. The van der Waals surface area contributed by atoms with E-state index in [4.69, 9.17) is 19.9 Å². The summed E-state index contributed by atoms with van der Waals surface area (Å²) in [6.07, 6.45) is 4.15. The van der Waals surface area contributed by atoms with E-state index in [9.17, 15) is 0 Å². The quantitative estimate of drug-likeness (QED) is 0.207. The van der Waals surface area contributed by atoms with Gasteiger partial charge in [0.15, 0.2) is 0 Å². The van der Waals surface area contributed by atoms with Gasteiger partial charge in [0.2, 0.25) is 0 Å². The lowest BCUT2D eigenvalue weighted by atomic mass is 9.84. The minimum atomic E-state index is -0.134. The molecule has 4 N–H and O–H groups in total. The van der Waals surface area contributed by atoms with Gasteiger partial charge in [-0.2, -0.15) is 0 Å². The van der Waals surface area contributed by atoms with Gasteiger partial charge in [0.25, 0.3) is 0 Å². The van der Waals surface area contributed by atoms with Crippen LogP contribution in [0.1, 0.15) is 22.6 Å². The zero-order valence-electron chi connectivity index (χ0n) is 20.6. The second kappa shape index (κ2) is 9.32. The van der Waals surface area contributed by atoms with Crippen LogP contribution in [0, 0.1) is 0 Å². The van der Waals surface area contributed by atoms with Crippen LogP contribution in [0.3, 0.4) is 0 Å². The molecule has 6 aromatic rings. The number of para-hydroxylation sites is 3. The van der Waals surface area contributed by atoms with Crippen molar-refractivity contribution < 1.29 is 14.2 Å². The molecular weight excluding hydrogens is 462 g/mol. The summed E-state index contributed by atoms with van der Waals surface area (Å²) in [6, 6.07) is 27.9. The van der Waals surface area contributed by atoms with Crippen molar-refractivity contribution in [2.24, 2.45) is 0 Å². The molecular formula is C31H27N3O3. The minimum Gasteiger partial charge on any atom is -0.497 e. The zero-order chi connectivity index (χ0) is 25.4. The van der Waals surface area contributed by atoms with Crippen molar-refractivity contribution >= 4 is 27.5 Å². The normalized spacial score (nSPS) is 11.3. The first-order chi connectivity index (χ1) is 18.2. The fourth-order valence-corrected chi connectivity index (χ4v) is 4.99. The largest absolute Gasteiger partial charge is 0.497 e. The Balaban J connectivity index is 1.58. The van der Waals surface area contributed by atoms with Gasteiger partial charge < -0.3 is 29.9 Å². The molecule has 0 radical (unpaired) electrons. The number of nitrogens with two attached hydrogens (primary N) is 1. The second-order valence-electron chi connectivity index (χ2n) is 8.92. The van der Waals surface area contributed by atoms with Crippen LogP contribution in [0.5, 0.6) is 23.0 Å². The smallest absolute Gasteiger partial charge is 0.150 e. The number of methoxy groups -OCH3 is 2. The van der Waals surface area contributed by atoms with Gasteiger partial charge in [-0.1, -0.05) is 30.3 Å². The number of anilines is 1. The summed E-state index contributed by atoms with van der Waals surface area (Å²) >= 11 is 0. The van der Waals surface area contributed by atoms with Crippen molar-refractivity contribution in [2.45, 2.75) is 5.92 Å². The highest BCUT2D eigenvalue weighted by Crippen LogP contribution is 2.44. The molecule has 0 fully saturated rings. The molecule has 0 saturated carbocycles. The molecule has 0 bridgehead atoms. The summed E-state index contributed by atoms with van der Waals surface area (Å²) in [5.74, 6) is 2.85. The number of hydrogen-bond acceptors (Lipinski definition) is 4. The maximum atomic E-state index is 6.43. The fraction of sp³-hybridized carbons (Fsp3) is 0.0968. The number of ether oxygens (including phenoxy) is 3. The van der Waals surface area contributed by atoms with Gasteiger partial charge in [0.05, 0.1) is 19.9 Å². The third-order valence-electron chi connectivity index (χ3n) is 6.83. The first kappa shape index (κ1) is 22.6. The van der Waals surface area contributed by atoms with Crippen LogP contribution in [0.2, 0.25) is 0 Å². The Morgan fingerprint density at radius 2 is 1.16 bits per heavy atom. The highest BCUT2D eigenvalue weighted by Gasteiger charge is 2.26. The molecule has 2 heterocycles. The first-order valence-electron chi connectivity index (χ1n) is 12.1. The number of H-pyrrole nitrogens is 2. The number of nitrogen functional groups attached to an aromatic ring is 1. The van der Waals surface area contributed by atoms with E-state index in [2.05, 4.69) is 40.6 Å². The predicted molar refractivity (Wildman–Crippen MR) is 148 cm³/mol. The molecule has 0 spiro atoms. The van der Waals surface area contributed by atoms with Crippen molar-refractivity contribution in [3.8, 4) is 23.0 Å². The van der Waals surface area contributed by atoms with Gasteiger partial charge in [-0.15, -0.1) is 0 Å². The molecule has 0 atom stereocenters. The van der Waals surface area contributed by atoms with Crippen LogP contribution in [0.4, 0.5) is 5.69 Å². The molecule has 37 heavy (non-hydrogen) atoms. The lowest BCUT2D eigenvalue weighted by molar-refractivity contribution is 0.415. The van der Waals surface area contributed by atoms with Crippen molar-refractivity contribution in [1.29, 1.82) is 0 Å². The van der Waals surface area contributed by atoms with Crippen LogP contribution in [0.15, 0.2) is 97.3 Å². The Hall–Kier alpha value is -4.84. The summed E-state index contributed by atoms with van der Waals surface area (Å²) in [5, 5.41) is 2.23. The number of hydrogen-bond donors (Lipinski definition) is 3. The lowest BCUT2D eigenvalue weighted by Gasteiger charge is -2.21. The Morgan fingerprint density at radius 3 is 1.73 bits per heavy atom. The van der Waals surface area contributed by atoms with Crippen LogP contribution in [0.25, 0.3) is 21.8 Å². The molecule has 6 heteroatoms. The van der Waals surface area contributed by atoms with E-state index in [1.807, 2.05) is 66.7 Å². The molecule has 0 aliphatic rings. The summed E-state index contributed by atoms with van der Waals surface area (Å²) in [5.41, 5.74) is 12.1. The molecule has 0 aliphatic carbocycles. The third-order valence-corrected chi connectivity index (χ3v) is 6.83. The van der Waals surface area contributed by atoms with E-state index in [0.717, 1.165) is 55.7 Å². The highest BCUT2D eigenvalue weighted by molar-refractivity contribution is 5.90. The van der Waals surface area contributed by atoms with Crippen molar-refractivity contribution in [1.82, 2.24) is 9.97 Å². The van der Waals surface area contributed by atoms with E-state index in [1.165, 1.54) is 0 Å². The third kappa shape index (κ3) is 4.02. The Morgan fingerprint density at radius 1 is 0.622 bits per heavy atom. The number of aromatic nitrogens is 2. The van der Waals surface area contributed by atoms with Crippen LogP contribution in [-0.2, 0) is 0 Å². The average Bonchev–Trinajstić information content (AvgIpc) is 3.55. The maximum absolute atomic E-state index is 6.43. The number of rotatable bonds is 7. The summed E-state index contributed by atoms with van der Waals surface area (Å²) in [4.78, 5) is 6.90. The maximum Gasteiger partial charge on any atom is 0.150 e. The van der Waals surface area contributed by atoms with E-state index >= 15 is 0 Å². The van der Waals surface area contributed by atoms with E-state index in [-0.39, 0.29) is 5.92 Å². The van der Waals surface area contributed by atoms with Crippen molar-refractivity contribution in [2.75, 3.05) is 20.0 Å². The minimum absolute atomic E-state index is 0.134. The van der Waals surface area contributed by atoms with Crippen LogP contribution < -0.4 is 19.9 Å². The number of aromatic amines is 2. The Bertz CT molecular complexity index is 1630. The molecule has 0 unspecified atom stereocenters. The topological polar surface area (TPSA) is 85.3 Å². The molecule has 184 valence electrons. The molecule has 4 aromatic carbocycles. The van der Waals surface area contributed by atoms with E-state index < -0.39 is 0 Å². The zero-order valence-corrected chi connectivity index (χ0v) is 20.6. The monoisotopic (exact) mass is 489 g/mol. The first-order valence-corrected chi connectivity index (χ1v) is 12.1. The van der Waals surface area contributed by atoms with Gasteiger partial charge in [-0.05, 0) is 53.6 Å². The van der Waals surface area contributed by atoms with Crippen LogP contribution >= 0.6 is 0 Å². The van der Waals surface area contributed by atoms with E-state index in [1.54, 1.807) is 14.2 Å². The number of nitrogens with one attached hydrogen (secondary N) is 2. The summed E-state index contributed by atoms with van der Waals surface area (Å²) in [7, 11) is 3.35. The lowest BCUT2D eigenvalue weighted by Crippen LogP contribution is -2.05. The van der Waals surface area contributed by atoms with Gasteiger partial charge in [-0.25, -0.2) is 0 Å². The number of benzene rings is 4. The predicted octanol–water partition coefficient (Wildman–Crippen LogP) is 7.22. The van der Waals surface area contributed by atoms with Gasteiger partial charge in [0, 0.05) is 57.8 Å². The molecule has 6 rings (SSSR count). The number of fused-ring (bicyclic) bond motifs is 2. The summed E-state index contributed by atoms with van der Waals surface area (Å²) < 4.78 is 17.3. The second-order valence-corrected chi connectivity index (χ2v) is 8.92. The van der Waals surface area contributed by atoms with Gasteiger partial charge in [-0.3, -0.25) is 0 Å². The van der Waals surface area contributed by atoms with Gasteiger partial charge >= 0.3 is 0 Å².